The van der Waals surface area contributed by atoms with Crippen molar-refractivity contribution in [3.05, 3.63) is 77.9 Å². The van der Waals surface area contributed by atoms with E-state index in [4.69, 9.17) is 9.47 Å². The molecule has 5 nitrogen and oxygen atoms in total. The predicted molar refractivity (Wildman–Crippen MR) is 127 cm³/mol. The first kappa shape index (κ1) is 21.6. The Bertz CT molecular complexity index is 1080. The summed E-state index contributed by atoms with van der Waals surface area (Å²) >= 11 is 0. The maximum atomic E-state index is 11.4. The van der Waals surface area contributed by atoms with Crippen LogP contribution in [0.15, 0.2) is 60.9 Å². The van der Waals surface area contributed by atoms with E-state index < -0.39 is 0 Å². The Balaban J connectivity index is 1.35. The molecule has 170 valence electrons. The van der Waals surface area contributed by atoms with Gasteiger partial charge in [-0.3, -0.25) is 4.79 Å². The Morgan fingerprint density at radius 1 is 0.788 bits per heavy atom. The smallest absolute Gasteiger partial charge is 0.196 e. The van der Waals surface area contributed by atoms with Crippen LogP contribution in [0.4, 0.5) is 0 Å². The van der Waals surface area contributed by atoms with E-state index >= 15 is 0 Å². The molecule has 5 rings (SSSR count). The zero-order chi connectivity index (χ0) is 22.7. The molecule has 0 bridgehead atoms. The number of benzene rings is 2. The van der Waals surface area contributed by atoms with E-state index in [0.717, 1.165) is 24.3 Å². The Morgan fingerprint density at radius 2 is 1.36 bits per heavy atom. The maximum Gasteiger partial charge on any atom is 0.196 e. The van der Waals surface area contributed by atoms with Crippen molar-refractivity contribution in [1.29, 1.82) is 0 Å². The lowest BCUT2D eigenvalue weighted by Crippen LogP contribution is -2.30. The molecule has 0 radical (unpaired) electrons. The molecule has 0 atom stereocenters. The van der Waals surface area contributed by atoms with Gasteiger partial charge in [0, 0.05) is 12.3 Å². The van der Waals surface area contributed by atoms with Gasteiger partial charge >= 0.3 is 0 Å². The second kappa shape index (κ2) is 9.34. The summed E-state index contributed by atoms with van der Waals surface area (Å²) in [6.45, 7) is 1.45. The van der Waals surface area contributed by atoms with Crippen molar-refractivity contribution in [3.63, 3.8) is 0 Å². The fourth-order valence-electron chi connectivity index (χ4n) is 4.96. The third-order valence-corrected chi connectivity index (χ3v) is 7.05. The molecule has 3 aromatic rings. The van der Waals surface area contributed by atoms with Crippen molar-refractivity contribution < 1.29 is 14.3 Å². The second-order valence-corrected chi connectivity index (χ2v) is 9.26. The second-order valence-electron chi connectivity index (χ2n) is 9.26. The molecule has 2 saturated carbocycles. The van der Waals surface area contributed by atoms with Gasteiger partial charge in [0.1, 0.15) is 11.5 Å². The Hall–Kier alpha value is -3.21. The van der Waals surface area contributed by atoms with Gasteiger partial charge in [0.2, 0.25) is 0 Å². The van der Waals surface area contributed by atoms with Gasteiger partial charge in [-0.25, -0.2) is 9.97 Å². The summed E-state index contributed by atoms with van der Waals surface area (Å²) in [6.07, 6.45) is 13.2. The molecule has 5 heteroatoms. The summed E-state index contributed by atoms with van der Waals surface area (Å²) in [5.41, 5.74) is 2.72. The molecule has 0 spiro atoms. The lowest BCUT2D eigenvalue weighted by molar-refractivity contribution is 0.100. The average molecular weight is 443 g/mol. The SMILES string of the molecule is CC(=O)c1ncc(Oc2ccc(C3(c4ccc(OC5CCC5)cc4)CCCCC3)cc2)cn1. The fourth-order valence-corrected chi connectivity index (χ4v) is 4.96. The van der Waals surface area contributed by atoms with Gasteiger partial charge in [-0.1, -0.05) is 43.5 Å². The lowest BCUT2D eigenvalue weighted by atomic mass is 9.65. The zero-order valence-electron chi connectivity index (χ0n) is 19.1. The quantitative estimate of drug-likeness (QED) is 0.383. The van der Waals surface area contributed by atoms with Crippen molar-refractivity contribution in [3.8, 4) is 17.2 Å². The molecule has 2 aromatic carbocycles. The molecule has 0 N–H and O–H groups in total. The Labute approximate surface area is 195 Å². The van der Waals surface area contributed by atoms with Crippen LogP contribution in [0.2, 0.25) is 0 Å². The fraction of sp³-hybridized carbons (Fsp3) is 0.393. The first-order valence-corrected chi connectivity index (χ1v) is 12.0. The van der Waals surface area contributed by atoms with Crippen molar-refractivity contribution >= 4 is 5.78 Å². The molecule has 2 fully saturated rings. The highest BCUT2D eigenvalue weighted by atomic mass is 16.5. The van der Waals surface area contributed by atoms with Crippen molar-refractivity contribution in [1.82, 2.24) is 9.97 Å². The number of aromatic nitrogens is 2. The van der Waals surface area contributed by atoms with Crippen LogP contribution in [0.25, 0.3) is 0 Å². The molecular formula is C28H30N2O3. The van der Waals surface area contributed by atoms with E-state index in [1.54, 1.807) is 0 Å². The molecular weight excluding hydrogens is 412 g/mol. The minimum atomic E-state index is -0.161. The molecule has 2 aliphatic rings. The van der Waals surface area contributed by atoms with E-state index in [1.807, 2.05) is 12.1 Å². The predicted octanol–water partition coefficient (Wildman–Crippen LogP) is 6.65. The van der Waals surface area contributed by atoms with Crippen LogP contribution in [0.5, 0.6) is 17.2 Å². The number of rotatable bonds is 7. The average Bonchev–Trinajstić information content (AvgIpc) is 2.83. The van der Waals surface area contributed by atoms with Crippen molar-refractivity contribution in [2.45, 2.75) is 69.8 Å². The zero-order valence-corrected chi connectivity index (χ0v) is 19.1. The number of carbonyl (C=O) groups is 1. The standard InChI is InChI=1S/C28H30N2O3/c1-20(31)27-29-18-26(19-30-27)33-25-14-10-22(11-15-25)28(16-3-2-4-17-28)21-8-12-24(13-9-21)32-23-6-5-7-23/h8-15,18-19,23H,2-7,16-17H2,1H3. The molecule has 1 heterocycles. The first-order valence-electron chi connectivity index (χ1n) is 12.0. The maximum absolute atomic E-state index is 11.4. The van der Waals surface area contributed by atoms with Gasteiger partial charge in [0.05, 0.1) is 18.5 Å². The van der Waals surface area contributed by atoms with Crippen LogP contribution in [-0.4, -0.2) is 21.9 Å². The minimum absolute atomic E-state index is 0.0258. The highest BCUT2D eigenvalue weighted by Crippen LogP contribution is 2.45. The topological polar surface area (TPSA) is 61.3 Å². The normalized spacial score (nSPS) is 17.7. The largest absolute Gasteiger partial charge is 0.490 e. The summed E-state index contributed by atoms with van der Waals surface area (Å²) in [7, 11) is 0. The van der Waals surface area contributed by atoms with Crippen molar-refractivity contribution in [2.75, 3.05) is 0 Å². The van der Waals surface area contributed by atoms with E-state index in [9.17, 15) is 4.79 Å². The van der Waals surface area contributed by atoms with Crippen LogP contribution in [-0.2, 0) is 5.41 Å². The van der Waals surface area contributed by atoms with Gasteiger partial charge in [0.15, 0.2) is 17.4 Å². The summed E-state index contributed by atoms with van der Waals surface area (Å²) in [6, 6.07) is 17.2. The van der Waals surface area contributed by atoms with Gasteiger partial charge in [-0.15, -0.1) is 0 Å². The molecule has 1 aromatic heterocycles. The molecule has 0 saturated heterocycles. The first-order chi connectivity index (χ1) is 16.1. The number of carbonyl (C=O) groups excluding carboxylic acids is 1. The monoisotopic (exact) mass is 442 g/mol. The number of ketones is 1. The van der Waals surface area contributed by atoms with E-state index in [2.05, 4.69) is 46.4 Å². The van der Waals surface area contributed by atoms with Gasteiger partial charge in [-0.05, 0) is 67.5 Å². The number of hydrogen-bond acceptors (Lipinski definition) is 5. The summed E-state index contributed by atoms with van der Waals surface area (Å²) in [5, 5.41) is 0. The number of ether oxygens (including phenoxy) is 2. The van der Waals surface area contributed by atoms with Crippen LogP contribution in [0, 0.1) is 0 Å². The third kappa shape index (κ3) is 4.63. The van der Waals surface area contributed by atoms with Crippen molar-refractivity contribution in [2.24, 2.45) is 0 Å². The number of nitrogens with zero attached hydrogens (tertiary/aromatic N) is 2. The molecule has 0 aliphatic heterocycles. The Kier molecular flexibility index (Phi) is 6.12. The summed E-state index contributed by atoms with van der Waals surface area (Å²) in [5.74, 6) is 2.26. The van der Waals surface area contributed by atoms with Crippen LogP contribution in [0.3, 0.4) is 0 Å². The molecule has 33 heavy (non-hydrogen) atoms. The Morgan fingerprint density at radius 3 is 1.88 bits per heavy atom. The molecule has 0 unspecified atom stereocenters. The van der Waals surface area contributed by atoms with Crippen LogP contribution in [0.1, 0.15) is 80.0 Å². The number of Topliss-reactive ketones (excluding diaryl/α,β-unsaturated/α-hetero) is 1. The van der Waals surface area contributed by atoms with E-state index in [0.29, 0.717) is 11.9 Å². The highest BCUT2D eigenvalue weighted by molar-refractivity contribution is 5.90. The lowest BCUT2D eigenvalue weighted by Gasteiger charge is -2.39. The number of hydrogen-bond donors (Lipinski definition) is 0. The minimum Gasteiger partial charge on any atom is -0.490 e. The van der Waals surface area contributed by atoms with E-state index in [-0.39, 0.29) is 17.0 Å². The summed E-state index contributed by atoms with van der Waals surface area (Å²) in [4.78, 5) is 19.5. The van der Waals surface area contributed by atoms with E-state index in [1.165, 1.54) is 69.0 Å². The third-order valence-electron chi connectivity index (χ3n) is 7.05. The summed E-state index contributed by atoms with van der Waals surface area (Å²) < 4.78 is 12.0. The highest BCUT2D eigenvalue weighted by Gasteiger charge is 2.35. The molecule has 0 amide bonds. The van der Waals surface area contributed by atoms with Gasteiger partial charge < -0.3 is 9.47 Å². The van der Waals surface area contributed by atoms with Crippen LogP contribution < -0.4 is 9.47 Å². The van der Waals surface area contributed by atoms with Gasteiger partial charge in [0.25, 0.3) is 0 Å². The van der Waals surface area contributed by atoms with Gasteiger partial charge in [-0.2, -0.15) is 0 Å². The van der Waals surface area contributed by atoms with Crippen LogP contribution >= 0.6 is 0 Å². The molecule has 2 aliphatic carbocycles.